The van der Waals surface area contributed by atoms with Gasteiger partial charge in [0.15, 0.2) is 0 Å². The second-order valence-corrected chi connectivity index (χ2v) is 7.70. The van der Waals surface area contributed by atoms with E-state index in [0.717, 1.165) is 66.2 Å². The molecule has 5 nitrogen and oxygen atoms in total. The molecule has 0 saturated heterocycles. The fraction of sp³-hybridized carbons (Fsp3) is 0.200. The summed E-state index contributed by atoms with van der Waals surface area (Å²) in [6.45, 7) is 2.50. The maximum atomic E-state index is 4.78. The van der Waals surface area contributed by atoms with Crippen LogP contribution in [0.25, 0.3) is 22.1 Å². The third kappa shape index (κ3) is 7.48. The summed E-state index contributed by atoms with van der Waals surface area (Å²) < 4.78 is 0. The van der Waals surface area contributed by atoms with Crippen LogP contribution in [0.4, 0.5) is 0 Å². The molecule has 3 aromatic carbocycles. The van der Waals surface area contributed by atoms with Crippen LogP contribution in [-0.4, -0.2) is 31.4 Å². The van der Waals surface area contributed by atoms with Gasteiger partial charge in [-0.25, -0.2) is 9.97 Å². The summed E-state index contributed by atoms with van der Waals surface area (Å²) in [5.41, 5.74) is 5.58. The summed E-state index contributed by atoms with van der Waals surface area (Å²) in [5, 5.41) is 0. The minimum absolute atomic E-state index is 0. The van der Waals surface area contributed by atoms with Crippen molar-refractivity contribution in [1.82, 2.24) is 24.8 Å². The van der Waals surface area contributed by atoms with Crippen LogP contribution >= 0.6 is 0 Å². The maximum absolute atomic E-state index is 4.78. The number of nitrogens with one attached hydrogen (secondary N) is 2. The molecule has 0 aliphatic rings. The molecule has 0 fully saturated rings. The summed E-state index contributed by atoms with van der Waals surface area (Å²) in [6.07, 6.45) is 2.15. The first kappa shape index (κ1) is 30.0. The number of aromatic amines is 2. The van der Waals surface area contributed by atoms with Crippen molar-refractivity contribution < 1.29 is 54.6 Å². The molecule has 34 heavy (non-hydrogen) atoms. The standard InChI is InChI=1S/C25H25N5.3ClH.Cr/c1-2-9-19(10-3-1)11-8-16-30(17-24-26-20-12-4-5-13-21(20)27-24)18-25-28-22-14-6-7-15-23(22)29-25;;;;/h1-7,9-10,12-15H,8,11,16-18H2,(H,26,27)(H,28,29);3*1H;/q;;;;+3/p-3. The topological polar surface area (TPSA) is 60.6 Å². The molecular weight excluding hydrogens is 529 g/mol. The number of para-hydroxylation sites is 4. The van der Waals surface area contributed by atoms with Gasteiger partial charge in [0.2, 0.25) is 0 Å². The van der Waals surface area contributed by atoms with Crippen molar-refractivity contribution in [1.29, 1.82) is 0 Å². The van der Waals surface area contributed by atoms with Gasteiger partial charge in [-0.15, -0.1) is 0 Å². The zero-order chi connectivity index (χ0) is 20.2. The number of hydrogen-bond acceptors (Lipinski definition) is 3. The Balaban J connectivity index is 0.00000144. The second-order valence-electron chi connectivity index (χ2n) is 7.70. The first-order chi connectivity index (χ1) is 14.8. The fourth-order valence-corrected chi connectivity index (χ4v) is 3.95. The van der Waals surface area contributed by atoms with Gasteiger partial charge in [-0.2, -0.15) is 0 Å². The van der Waals surface area contributed by atoms with Gasteiger partial charge in [0, 0.05) is 0 Å². The SMILES string of the molecule is [Cl-].[Cl-].[Cl-].[Cr+3].c1ccc(CCCN(Cc2nc3ccccc3[nH]2)Cc2nc3ccccc3[nH]2)cc1. The number of benzene rings is 3. The van der Waals surface area contributed by atoms with Crippen LogP contribution in [0.1, 0.15) is 23.6 Å². The van der Waals surface area contributed by atoms with E-state index in [1.165, 1.54) is 5.56 Å². The van der Waals surface area contributed by atoms with E-state index in [9.17, 15) is 0 Å². The zero-order valence-electron chi connectivity index (χ0n) is 18.4. The van der Waals surface area contributed by atoms with E-state index in [0.29, 0.717) is 0 Å². The van der Waals surface area contributed by atoms with Gasteiger partial charge in [0.05, 0.1) is 35.2 Å². The van der Waals surface area contributed by atoms with Gasteiger partial charge in [-0.05, 0) is 49.2 Å². The van der Waals surface area contributed by atoms with E-state index in [1.807, 2.05) is 36.4 Å². The summed E-state index contributed by atoms with van der Waals surface area (Å²) in [4.78, 5) is 18.9. The minimum Gasteiger partial charge on any atom is -1.00 e. The number of aryl methyl sites for hydroxylation is 1. The van der Waals surface area contributed by atoms with Crippen LogP contribution in [0, 0.1) is 0 Å². The Morgan fingerprint density at radius 3 is 1.59 bits per heavy atom. The molecule has 5 aromatic rings. The molecule has 177 valence electrons. The molecule has 0 bridgehead atoms. The number of nitrogens with zero attached hydrogens (tertiary/aromatic N) is 3. The molecular formula is C25H25Cl3CrN5. The molecule has 2 N–H and O–H groups in total. The maximum Gasteiger partial charge on any atom is 3.00 e. The fourth-order valence-electron chi connectivity index (χ4n) is 3.95. The van der Waals surface area contributed by atoms with Gasteiger partial charge in [0.25, 0.3) is 0 Å². The van der Waals surface area contributed by atoms with Gasteiger partial charge >= 0.3 is 17.4 Å². The molecule has 0 spiro atoms. The number of rotatable bonds is 8. The average Bonchev–Trinajstić information content (AvgIpc) is 3.37. The van der Waals surface area contributed by atoms with Crippen LogP contribution in [0.3, 0.4) is 0 Å². The third-order valence-corrected chi connectivity index (χ3v) is 5.41. The molecule has 2 aromatic heterocycles. The van der Waals surface area contributed by atoms with Crippen molar-refractivity contribution >= 4 is 22.1 Å². The Morgan fingerprint density at radius 1 is 0.618 bits per heavy atom. The Labute approximate surface area is 229 Å². The van der Waals surface area contributed by atoms with Crippen molar-refractivity contribution in [2.24, 2.45) is 0 Å². The Kier molecular flexibility index (Phi) is 12.7. The van der Waals surface area contributed by atoms with Crippen molar-refractivity contribution in [3.63, 3.8) is 0 Å². The number of aromatic nitrogens is 4. The molecule has 0 unspecified atom stereocenters. The number of halogens is 3. The van der Waals surface area contributed by atoms with Crippen LogP contribution in [0.15, 0.2) is 78.9 Å². The van der Waals surface area contributed by atoms with E-state index in [1.54, 1.807) is 0 Å². The first-order valence-electron chi connectivity index (χ1n) is 10.5. The van der Waals surface area contributed by atoms with E-state index in [4.69, 9.17) is 9.97 Å². The first-order valence-corrected chi connectivity index (χ1v) is 10.5. The molecule has 0 aliphatic heterocycles. The summed E-state index contributed by atoms with van der Waals surface area (Å²) >= 11 is 0. The second kappa shape index (κ2) is 14.4. The zero-order valence-corrected chi connectivity index (χ0v) is 22.0. The third-order valence-electron chi connectivity index (χ3n) is 5.41. The van der Waals surface area contributed by atoms with Gasteiger partial charge in [-0.1, -0.05) is 54.6 Å². The molecule has 0 saturated carbocycles. The molecule has 5 rings (SSSR count). The smallest absolute Gasteiger partial charge is 1.00 e. The van der Waals surface area contributed by atoms with E-state index < -0.39 is 0 Å². The van der Waals surface area contributed by atoms with E-state index in [-0.39, 0.29) is 54.6 Å². The Hall–Kier alpha value is -2.04. The summed E-state index contributed by atoms with van der Waals surface area (Å²) in [5.74, 6) is 1.99. The quantitative estimate of drug-likeness (QED) is 0.207. The van der Waals surface area contributed by atoms with Gasteiger partial charge in [0.1, 0.15) is 11.6 Å². The largest absolute Gasteiger partial charge is 3.00 e. The van der Waals surface area contributed by atoms with Crippen molar-refractivity contribution in [2.45, 2.75) is 25.9 Å². The van der Waals surface area contributed by atoms with E-state index >= 15 is 0 Å². The molecule has 1 radical (unpaired) electrons. The molecule has 9 heteroatoms. The number of H-pyrrole nitrogens is 2. The van der Waals surface area contributed by atoms with Crippen molar-refractivity contribution in [3.8, 4) is 0 Å². The minimum atomic E-state index is 0. The van der Waals surface area contributed by atoms with Crippen LogP contribution in [0.2, 0.25) is 0 Å². The number of fused-ring (bicyclic) bond motifs is 2. The predicted octanol–water partition coefficient (Wildman–Crippen LogP) is -3.92. The molecule has 0 atom stereocenters. The molecule has 0 amide bonds. The Bertz CT molecular complexity index is 1120. The van der Waals surface area contributed by atoms with Gasteiger partial charge < -0.3 is 47.2 Å². The Morgan fingerprint density at radius 2 is 1.09 bits per heavy atom. The van der Waals surface area contributed by atoms with Crippen LogP contribution < -0.4 is 37.2 Å². The molecule has 0 aliphatic carbocycles. The number of imidazole rings is 2. The summed E-state index contributed by atoms with van der Waals surface area (Å²) in [7, 11) is 0. The van der Waals surface area contributed by atoms with Crippen LogP contribution in [-0.2, 0) is 36.9 Å². The average molecular weight is 554 g/mol. The number of hydrogen-bond donors (Lipinski definition) is 2. The van der Waals surface area contributed by atoms with E-state index in [2.05, 4.69) is 57.3 Å². The molecule has 2 heterocycles. The monoisotopic (exact) mass is 552 g/mol. The van der Waals surface area contributed by atoms with Gasteiger partial charge in [-0.3, -0.25) is 4.90 Å². The van der Waals surface area contributed by atoms with Crippen molar-refractivity contribution in [2.75, 3.05) is 6.54 Å². The predicted molar refractivity (Wildman–Crippen MR) is 121 cm³/mol. The summed E-state index contributed by atoms with van der Waals surface area (Å²) in [6, 6.07) is 27.1. The van der Waals surface area contributed by atoms with Crippen LogP contribution in [0.5, 0.6) is 0 Å². The van der Waals surface area contributed by atoms with Crippen molar-refractivity contribution in [3.05, 3.63) is 96.1 Å². The normalized spacial score (nSPS) is 10.3.